The first-order valence-electron chi connectivity index (χ1n) is 8.08. The van der Waals surface area contributed by atoms with Crippen LogP contribution in [0.4, 0.5) is 23.7 Å². The molecule has 28 heavy (non-hydrogen) atoms. The lowest BCUT2D eigenvalue weighted by Crippen LogP contribution is -2.54. The van der Waals surface area contributed by atoms with E-state index in [9.17, 15) is 27.6 Å². The number of barbiturate groups is 1. The molecular weight excluding hydrogens is 373 g/mol. The molecule has 1 N–H and O–H groups in total. The summed E-state index contributed by atoms with van der Waals surface area (Å²) in [5.74, 6) is -1.93. The molecule has 0 unspecified atom stereocenters. The summed E-state index contributed by atoms with van der Waals surface area (Å²) in [7, 11) is 0. The van der Waals surface area contributed by atoms with E-state index >= 15 is 0 Å². The van der Waals surface area contributed by atoms with E-state index in [0.29, 0.717) is 11.0 Å². The Bertz CT molecular complexity index is 995. The van der Waals surface area contributed by atoms with E-state index in [-0.39, 0.29) is 11.3 Å². The van der Waals surface area contributed by atoms with Crippen LogP contribution in [0.1, 0.15) is 11.1 Å². The molecule has 4 amide bonds. The second-order valence-corrected chi connectivity index (χ2v) is 5.80. The van der Waals surface area contributed by atoms with E-state index in [0.717, 1.165) is 17.7 Å². The number of benzene rings is 2. The molecule has 0 saturated carbocycles. The van der Waals surface area contributed by atoms with Crippen molar-refractivity contribution in [2.45, 2.75) is 6.18 Å². The van der Waals surface area contributed by atoms with Gasteiger partial charge in [-0.15, -0.1) is 0 Å². The van der Waals surface area contributed by atoms with Crippen molar-refractivity contribution < 1.29 is 27.6 Å². The molecular formula is C20H13F3N2O3. The second kappa shape index (κ2) is 7.51. The predicted molar refractivity (Wildman–Crippen MR) is 96.0 cm³/mol. The van der Waals surface area contributed by atoms with Gasteiger partial charge in [-0.1, -0.05) is 48.6 Å². The molecule has 0 aromatic heterocycles. The first-order valence-corrected chi connectivity index (χ1v) is 8.08. The van der Waals surface area contributed by atoms with Gasteiger partial charge in [-0.05, 0) is 29.8 Å². The average Bonchev–Trinajstić information content (AvgIpc) is 2.64. The lowest BCUT2D eigenvalue weighted by atomic mass is 10.1. The molecule has 0 atom stereocenters. The van der Waals surface area contributed by atoms with Crippen molar-refractivity contribution in [1.29, 1.82) is 0 Å². The fraction of sp³-hybridized carbons (Fsp3) is 0.0500. The third-order valence-electron chi connectivity index (χ3n) is 3.88. The molecule has 1 aliphatic rings. The van der Waals surface area contributed by atoms with Crippen LogP contribution in [0.5, 0.6) is 0 Å². The Morgan fingerprint density at radius 1 is 0.929 bits per heavy atom. The van der Waals surface area contributed by atoms with Gasteiger partial charge < -0.3 is 0 Å². The zero-order chi connectivity index (χ0) is 20.3. The topological polar surface area (TPSA) is 66.5 Å². The summed E-state index contributed by atoms with van der Waals surface area (Å²) in [6, 6.07) is 11.7. The fourth-order valence-corrected chi connectivity index (χ4v) is 2.55. The Kier molecular flexibility index (Phi) is 5.12. The number of carbonyl (C=O) groups excluding carboxylic acids is 3. The molecule has 2 aromatic carbocycles. The van der Waals surface area contributed by atoms with Crippen LogP contribution in [-0.2, 0) is 15.8 Å². The smallest absolute Gasteiger partial charge is 0.273 e. The highest BCUT2D eigenvalue weighted by Gasteiger charge is 2.38. The number of carbonyl (C=O) groups is 3. The molecule has 1 saturated heterocycles. The lowest BCUT2D eigenvalue weighted by molar-refractivity contribution is -0.137. The molecule has 8 heteroatoms. The van der Waals surface area contributed by atoms with Crippen molar-refractivity contribution in [3.05, 3.63) is 83.4 Å². The number of hydrogen-bond donors (Lipinski definition) is 1. The maximum absolute atomic E-state index is 12.9. The predicted octanol–water partition coefficient (Wildman–Crippen LogP) is 3.93. The van der Waals surface area contributed by atoms with Gasteiger partial charge in [0.25, 0.3) is 11.8 Å². The van der Waals surface area contributed by atoms with E-state index in [1.54, 1.807) is 30.3 Å². The van der Waals surface area contributed by atoms with Crippen molar-refractivity contribution in [2.24, 2.45) is 0 Å². The minimum absolute atomic E-state index is 0.289. The van der Waals surface area contributed by atoms with Crippen molar-refractivity contribution in [3.63, 3.8) is 0 Å². The SMILES string of the molecule is O=C1NC(=O)N(c2cccc(C(F)(F)F)c2)C(=O)C1=CC=Cc1ccccc1. The third-order valence-corrected chi connectivity index (χ3v) is 3.88. The number of urea groups is 1. The molecule has 1 fully saturated rings. The van der Waals surface area contributed by atoms with E-state index in [2.05, 4.69) is 0 Å². The van der Waals surface area contributed by atoms with Crippen molar-refractivity contribution in [1.82, 2.24) is 5.32 Å². The van der Waals surface area contributed by atoms with Gasteiger partial charge in [0.2, 0.25) is 0 Å². The van der Waals surface area contributed by atoms with Crippen LogP contribution in [0, 0.1) is 0 Å². The number of rotatable bonds is 3. The molecule has 1 heterocycles. The minimum atomic E-state index is -4.64. The van der Waals surface area contributed by atoms with Crippen LogP contribution in [-0.4, -0.2) is 17.8 Å². The van der Waals surface area contributed by atoms with Crippen LogP contribution in [0.2, 0.25) is 0 Å². The Morgan fingerprint density at radius 2 is 1.64 bits per heavy atom. The Labute approximate surface area is 157 Å². The van der Waals surface area contributed by atoms with Crippen molar-refractivity contribution in [3.8, 4) is 0 Å². The number of nitrogens with zero attached hydrogens (tertiary/aromatic N) is 1. The normalized spacial score (nSPS) is 16.8. The Hall–Kier alpha value is -3.68. The van der Waals surface area contributed by atoms with Crippen molar-refractivity contribution in [2.75, 3.05) is 4.90 Å². The summed E-state index contributed by atoms with van der Waals surface area (Å²) < 4.78 is 38.8. The summed E-state index contributed by atoms with van der Waals surface area (Å²) in [4.78, 5) is 37.2. The van der Waals surface area contributed by atoms with Gasteiger partial charge in [0, 0.05) is 0 Å². The average molecular weight is 386 g/mol. The maximum atomic E-state index is 12.9. The lowest BCUT2D eigenvalue weighted by Gasteiger charge is -2.26. The largest absolute Gasteiger partial charge is 0.416 e. The number of nitrogens with one attached hydrogen (secondary N) is 1. The summed E-state index contributed by atoms with van der Waals surface area (Å²) in [5.41, 5.74) is -0.863. The number of imide groups is 2. The van der Waals surface area contributed by atoms with Crippen LogP contribution in [0.3, 0.4) is 0 Å². The number of halogens is 3. The number of hydrogen-bond acceptors (Lipinski definition) is 3. The molecule has 3 rings (SSSR count). The molecule has 5 nitrogen and oxygen atoms in total. The summed E-state index contributed by atoms with van der Waals surface area (Å²) in [6.45, 7) is 0. The number of amides is 4. The van der Waals surface area contributed by atoms with Crippen LogP contribution >= 0.6 is 0 Å². The highest BCUT2D eigenvalue weighted by Crippen LogP contribution is 2.32. The van der Waals surface area contributed by atoms with Gasteiger partial charge in [-0.2, -0.15) is 13.2 Å². The second-order valence-electron chi connectivity index (χ2n) is 5.80. The number of anilines is 1. The highest BCUT2D eigenvalue weighted by atomic mass is 19.4. The van der Waals surface area contributed by atoms with Gasteiger partial charge in [0.1, 0.15) is 5.57 Å². The van der Waals surface area contributed by atoms with Gasteiger partial charge in [-0.25, -0.2) is 9.69 Å². The molecule has 0 radical (unpaired) electrons. The van der Waals surface area contributed by atoms with Crippen molar-refractivity contribution >= 4 is 29.6 Å². The molecule has 0 aliphatic carbocycles. The monoisotopic (exact) mass is 386 g/mol. The zero-order valence-corrected chi connectivity index (χ0v) is 14.2. The van der Waals surface area contributed by atoms with Crippen LogP contribution in [0.15, 0.2) is 72.3 Å². The van der Waals surface area contributed by atoms with Crippen LogP contribution < -0.4 is 10.2 Å². The van der Waals surface area contributed by atoms with E-state index in [4.69, 9.17) is 0 Å². The zero-order valence-electron chi connectivity index (χ0n) is 14.2. The molecule has 0 bridgehead atoms. The number of allylic oxidation sites excluding steroid dienone is 2. The van der Waals surface area contributed by atoms with Gasteiger partial charge in [-0.3, -0.25) is 14.9 Å². The third kappa shape index (κ3) is 4.01. The summed E-state index contributed by atoms with van der Waals surface area (Å²) in [6.07, 6.45) is -0.350. The fourth-order valence-electron chi connectivity index (χ4n) is 2.55. The first kappa shape index (κ1) is 19.1. The van der Waals surface area contributed by atoms with Gasteiger partial charge in [0.15, 0.2) is 0 Å². The maximum Gasteiger partial charge on any atom is 0.416 e. The Balaban J connectivity index is 1.92. The first-order chi connectivity index (χ1) is 13.3. The number of alkyl halides is 3. The molecule has 0 spiro atoms. The van der Waals surface area contributed by atoms with Crippen LogP contribution in [0.25, 0.3) is 6.08 Å². The van der Waals surface area contributed by atoms with E-state index in [1.807, 2.05) is 11.4 Å². The van der Waals surface area contributed by atoms with Gasteiger partial charge in [0.05, 0.1) is 11.3 Å². The quantitative estimate of drug-likeness (QED) is 0.642. The van der Waals surface area contributed by atoms with Gasteiger partial charge >= 0.3 is 12.2 Å². The standard InChI is InChI=1S/C20H13F3N2O3/c21-20(22,23)14-9-5-10-15(12-14)25-18(27)16(17(26)24-19(25)28)11-4-8-13-6-2-1-3-7-13/h1-12H,(H,24,26,28). The van der Waals surface area contributed by atoms with E-state index in [1.165, 1.54) is 18.2 Å². The molecule has 142 valence electrons. The summed E-state index contributed by atoms with van der Waals surface area (Å²) in [5, 5.41) is 1.96. The Morgan fingerprint density at radius 3 is 2.32 bits per heavy atom. The molecule has 1 aliphatic heterocycles. The molecule has 2 aromatic rings. The minimum Gasteiger partial charge on any atom is -0.273 e. The summed E-state index contributed by atoms with van der Waals surface area (Å²) >= 11 is 0. The van der Waals surface area contributed by atoms with E-state index < -0.39 is 29.6 Å². The highest BCUT2D eigenvalue weighted by molar-refractivity contribution is 6.37.